The van der Waals surface area contributed by atoms with Crippen LogP contribution in [0.5, 0.6) is 0 Å². The molecule has 146 valence electrons. The number of aromatic nitrogens is 1. The molecule has 8 heteroatoms. The Morgan fingerprint density at radius 3 is 2.17 bits per heavy atom. The molecular formula is C21H11Cl2F2NO2S. The van der Waals surface area contributed by atoms with Crippen molar-refractivity contribution >= 4 is 43.9 Å². The number of rotatable bonds is 3. The summed E-state index contributed by atoms with van der Waals surface area (Å²) in [6, 6.07) is 13.4. The Kier molecular flexibility index (Phi) is 5.02. The van der Waals surface area contributed by atoms with E-state index in [1.165, 1.54) is 24.4 Å². The molecule has 0 atom stereocenters. The van der Waals surface area contributed by atoms with Gasteiger partial charge in [-0.2, -0.15) is 0 Å². The molecule has 29 heavy (non-hydrogen) atoms. The molecule has 3 nitrogen and oxygen atoms in total. The highest BCUT2D eigenvalue weighted by Gasteiger charge is 2.25. The summed E-state index contributed by atoms with van der Waals surface area (Å²) in [4.78, 5) is 3.92. The van der Waals surface area contributed by atoms with Gasteiger partial charge in [0.1, 0.15) is 11.6 Å². The highest BCUT2D eigenvalue weighted by atomic mass is 35.5. The lowest BCUT2D eigenvalue weighted by Crippen LogP contribution is -2.06. The standard InChI is InChI=1S/C21H11Cl2F2NO2S/c22-13-3-1-12(2-4-13)21-16-9-18(25)17(23)10-19(16)26-11-20(21)29(27,28)15-7-5-14(24)6-8-15/h1-11H. The van der Waals surface area contributed by atoms with Crippen LogP contribution in [0.2, 0.25) is 10.0 Å². The number of hydrogen-bond acceptors (Lipinski definition) is 3. The van der Waals surface area contributed by atoms with Gasteiger partial charge in [-0.1, -0.05) is 35.3 Å². The van der Waals surface area contributed by atoms with Crippen molar-refractivity contribution in [1.82, 2.24) is 4.98 Å². The van der Waals surface area contributed by atoms with E-state index in [9.17, 15) is 17.2 Å². The predicted octanol–water partition coefficient (Wildman–Crippen LogP) is 6.32. The van der Waals surface area contributed by atoms with E-state index in [4.69, 9.17) is 23.2 Å². The van der Waals surface area contributed by atoms with Gasteiger partial charge in [0.05, 0.1) is 20.3 Å². The Hall–Kier alpha value is -2.54. The topological polar surface area (TPSA) is 47.0 Å². The molecule has 0 aliphatic rings. The molecule has 0 radical (unpaired) electrons. The van der Waals surface area contributed by atoms with Crippen molar-refractivity contribution < 1.29 is 17.2 Å². The Bertz CT molecular complexity index is 1340. The number of pyridine rings is 1. The van der Waals surface area contributed by atoms with Crippen molar-refractivity contribution in [3.63, 3.8) is 0 Å². The van der Waals surface area contributed by atoms with Crippen molar-refractivity contribution in [2.24, 2.45) is 0 Å². The van der Waals surface area contributed by atoms with Gasteiger partial charge < -0.3 is 0 Å². The van der Waals surface area contributed by atoms with Crippen LogP contribution in [0.25, 0.3) is 22.0 Å². The van der Waals surface area contributed by atoms with Crippen molar-refractivity contribution in [3.05, 3.63) is 88.5 Å². The van der Waals surface area contributed by atoms with E-state index >= 15 is 0 Å². The maximum absolute atomic E-state index is 14.2. The molecule has 1 aromatic heterocycles. The molecule has 0 fully saturated rings. The normalized spacial score (nSPS) is 11.7. The van der Waals surface area contributed by atoms with Gasteiger partial charge in [0, 0.05) is 22.2 Å². The van der Waals surface area contributed by atoms with Crippen LogP contribution in [0.3, 0.4) is 0 Å². The summed E-state index contributed by atoms with van der Waals surface area (Å²) in [6.07, 6.45) is 1.19. The van der Waals surface area contributed by atoms with Gasteiger partial charge in [-0.05, 0) is 54.1 Å². The van der Waals surface area contributed by atoms with Crippen molar-refractivity contribution in [1.29, 1.82) is 0 Å². The second kappa shape index (κ2) is 7.37. The summed E-state index contributed by atoms with van der Waals surface area (Å²) in [7, 11) is -4.08. The van der Waals surface area contributed by atoms with Gasteiger partial charge in [0.25, 0.3) is 0 Å². The minimum atomic E-state index is -4.08. The molecule has 3 aromatic carbocycles. The predicted molar refractivity (Wildman–Crippen MR) is 109 cm³/mol. The van der Waals surface area contributed by atoms with Gasteiger partial charge in [0.2, 0.25) is 9.84 Å². The first-order valence-electron chi connectivity index (χ1n) is 8.32. The molecule has 0 spiro atoms. The van der Waals surface area contributed by atoms with Crippen LogP contribution in [0.1, 0.15) is 0 Å². The minimum Gasteiger partial charge on any atom is -0.255 e. The van der Waals surface area contributed by atoms with Crippen LogP contribution in [-0.4, -0.2) is 13.4 Å². The zero-order chi connectivity index (χ0) is 20.8. The molecule has 4 rings (SSSR count). The summed E-state index contributed by atoms with van der Waals surface area (Å²) in [5.41, 5.74) is 1.09. The van der Waals surface area contributed by atoms with Gasteiger partial charge in [-0.3, -0.25) is 4.98 Å². The van der Waals surface area contributed by atoms with E-state index in [2.05, 4.69) is 4.98 Å². The molecule has 0 N–H and O–H groups in total. The molecule has 0 amide bonds. The SMILES string of the molecule is O=S(=O)(c1ccc(F)cc1)c1cnc2cc(Cl)c(F)cc2c1-c1ccc(Cl)cc1. The van der Waals surface area contributed by atoms with Crippen molar-refractivity contribution in [3.8, 4) is 11.1 Å². The molecule has 0 bridgehead atoms. The lowest BCUT2D eigenvalue weighted by Gasteiger charge is -2.14. The van der Waals surface area contributed by atoms with Gasteiger partial charge in [-0.15, -0.1) is 0 Å². The maximum Gasteiger partial charge on any atom is 0.208 e. The third kappa shape index (κ3) is 3.59. The molecule has 4 aromatic rings. The molecule has 0 saturated carbocycles. The number of halogens is 4. The number of fused-ring (bicyclic) bond motifs is 1. The summed E-state index contributed by atoms with van der Waals surface area (Å²) in [6.45, 7) is 0. The molecule has 0 aliphatic carbocycles. The van der Waals surface area contributed by atoms with E-state index < -0.39 is 21.5 Å². The monoisotopic (exact) mass is 449 g/mol. The van der Waals surface area contributed by atoms with Crippen LogP contribution in [0, 0.1) is 11.6 Å². The third-order valence-electron chi connectivity index (χ3n) is 4.42. The van der Waals surface area contributed by atoms with Crippen LogP contribution >= 0.6 is 23.2 Å². The van der Waals surface area contributed by atoms with E-state index in [1.807, 2.05) is 0 Å². The first-order chi connectivity index (χ1) is 13.8. The first-order valence-corrected chi connectivity index (χ1v) is 10.6. The average Bonchev–Trinajstić information content (AvgIpc) is 2.69. The largest absolute Gasteiger partial charge is 0.255 e. The fraction of sp³-hybridized carbons (Fsp3) is 0. The van der Waals surface area contributed by atoms with Crippen LogP contribution in [0.4, 0.5) is 8.78 Å². The fourth-order valence-electron chi connectivity index (χ4n) is 3.03. The lowest BCUT2D eigenvalue weighted by atomic mass is 10.0. The highest BCUT2D eigenvalue weighted by molar-refractivity contribution is 7.91. The average molecular weight is 450 g/mol. The van der Waals surface area contributed by atoms with E-state index in [0.29, 0.717) is 16.1 Å². The Labute approximate surface area is 175 Å². The summed E-state index contributed by atoms with van der Waals surface area (Å²) < 4.78 is 54.1. The molecule has 1 heterocycles. The number of nitrogens with zero attached hydrogens (tertiary/aromatic N) is 1. The number of benzene rings is 3. The highest BCUT2D eigenvalue weighted by Crippen LogP contribution is 2.38. The Balaban J connectivity index is 2.08. The van der Waals surface area contributed by atoms with Gasteiger partial charge in [0.15, 0.2) is 0 Å². The first kappa shape index (κ1) is 19.8. The zero-order valence-corrected chi connectivity index (χ0v) is 16.9. The zero-order valence-electron chi connectivity index (χ0n) is 14.5. The second-order valence-electron chi connectivity index (χ2n) is 6.25. The summed E-state index contributed by atoms with van der Waals surface area (Å²) >= 11 is 11.8. The number of hydrogen-bond donors (Lipinski definition) is 0. The van der Waals surface area contributed by atoms with Crippen LogP contribution < -0.4 is 0 Å². The molecule has 0 unspecified atom stereocenters. The van der Waals surface area contributed by atoms with Gasteiger partial charge in [-0.25, -0.2) is 17.2 Å². The van der Waals surface area contributed by atoms with Crippen LogP contribution in [0.15, 0.2) is 76.7 Å². The van der Waals surface area contributed by atoms with Gasteiger partial charge >= 0.3 is 0 Å². The summed E-state index contributed by atoms with van der Waals surface area (Å²) in [5, 5.41) is 0.614. The Morgan fingerprint density at radius 2 is 1.52 bits per heavy atom. The van der Waals surface area contributed by atoms with E-state index in [-0.39, 0.29) is 25.8 Å². The van der Waals surface area contributed by atoms with Crippen LogP contribution in [-0.2, 0) is 9.84 Å². The molecule has 0 saturated heterocycles. The quantitative estimate of drug-likeness (QED) is 0.343. The van der Waals surface area contributed by atoms with E-state index in [1.54, 1.807) is 24.3 Å². The smallest absolute Gasteiger partial charge is 0.208 e. The summed E-state index contributed by atoms with van der Waals surface area (Å²) in [5.74, 6) is -1.26. The lowest BCUT2D eigenvalue weighted by molar-refractivity contribution is 0.594. The molecule has 0 aliphatic heterocycles. The number of sulfone groups is 1. The van der Waals surface area contributed by atoms with E-state index in [0.717, 1.165) is 18.2 Å². The van der Waals surface area contributed by atoms with Crippen molar-refractivity contribution in [2.75, 3.05) is 0 Å². The minimum absolute atomic E-state index is 0.107. The second-order valence-corrected chi connectivity index (χ2v) is 9.01. The molecular weight excluding hydrogens is 439 g/mol. The maximum atomic E-state index is 14.2. The fourth-order valence-corrected chi connectivity index (χ4v) is 4.75. The third-order valence-corrected chi connectivity index (χ3v) is 6.74. The van der Waals surface area contributed by atoms with Crippen molar-refractivity contribution in [2.45, 2.75) is 9.79 Å². The Morgan fingerprint density at radius 1 is 0.862 bits per heavy atom.